The first-order chi connectivity index (χ1) is 27.3. The van der Waals surface area contributed by atoms with Crippen molar-refractivity contribution in [2.24, 2.45) is 0 Å². The molecule has 0 spiro atoms. The number of nitrogens with one attached hydrogen (secondary N) is 2. The molecule has 314 valence electrons. The number of nitrogens with zero attached hydrogens (tertiary/aromatic N) is 1. The number of fused-ring (bicyclic) bond motifs is 1. The molecule has 0 aliphatic carbocycles. The highest BCUT2D eigenvalue weighted by atomic mass is 16.6. The highest BCUT2D eigenvalue weighted by molar-refractivity contribution is 6.26. The maximum absolute atomic E-state index is 13.2. The fourth-order valence-electron chi connectivity index (χ4n) is 6.97. The molecule has 0 saturated carbocycles. The molecule has 3 rings (SSSR count). The summed E-state index contributed by atoms with van der Waals surface area (Å²) in [7, 11) is 0. The predicted octanol–water partition coefficient (Wildman–Crippen LogP) is 7.44. The van der Waals surface area contributed by atoms with Crippen molar-refractivity contribution in [2.75, 3.05) is 51.6 Å². The second-order valence-electron chi connectivity index (χ2n) is 14.8. The van der Waals surface area contributed by atoms with Crippen molar-refractivity contribution in [3.8, 4) is 0 Å². The van der Waals surface area contributed by atoms with Gasteiger partial charge in [-0.2, -0.15) is 0 Å². The van der Waals surface area contributed by atoms with E-state index in [4.69, 9.17) is 18.9 Å². The number of amides is 5. The minimum atomic E-state index is -1.07. The number of imide groups is 2. The molecule has 2 aliphatic rings. The first-order valence-corrected chi connectivity index (χ1v) is 21.4. The Kier molecular flexibility index (Phi) is 23.9. The van der Waals surface area contributed by atoms with Crippen LogP contribution in [0.3, 0.4) is 0 Å². The maximum Gasteiger partial charge on any atom is 0.305 e. The second kappa shape index (κ2) is 28.7. The van der Waals surface area contributed by atoms with Crippen molar-refractivity contribution in [2.45, 2.75) is 154 Å². The van der Waals surface area contributed by atoms with Gasteiger partial charge in [0.2, 0.25) is 17.7 Å². The van der Waals surface area contributed by atoms with Gasteiger partial charge in [0, 0.05) is 25.9 Å². The number of hydrogen-bond acceptors (Lipinski definition) is 10. The number of piperidine rings is 1. The molecule has 2 aliphatic heterocycles. The molecule has 56 heavy (non-hydrogen) atoms. The number of hydrogen-bond donors (Lipinski definition) is 2. The molecule has 5 amide bonds. The van der Waals surface area contributed by atoms with Gasteiger partial charge in [-0.05, 0) is 37.8 Å². The van der Waals surface area contributed by atoms with Crippen LogP contribution < -0.4 is 10.6 Å². The molecular formula is C43H67N3O10. The number of benzene rings is 1. The molecule has 0 radical (unpaired) electrons. The minimum Gasteiger partial charge on any atom is -0.463 e. The number of esters is 1. The van der Waals surface area contributed by atoms with Crippen molar-refractivity contribution in [3.63, 3.8) is 0 Å². The Balaban J connectivity index is 1.06. The molecule has 13 nitrogen and oxygen atoms in total. The van der Waals surface area contributed by atoms with Gasteiger partial charge >= 0.3 is 5.97 Å². The van der Waals surface area contributed by atoms with E-state index in [1.165, 1.54) is 89.5 Å². The van der Waals surface area contributed by atoms with E-state index in [1.807, 2.05) is 0 Å². The normalized spacial score (nSPS) is 15.3. The Morgan fingerprint density at radius 1 is 0.661 bits per heavy atom. The van der Waals surface area contributed by atoms with Crippen molar-refractivity contribution >= 4 is 41.2 Å². The SMILES string of the molecule is CCCCCCCCCCCCCCCCCC(=O)OCCOCCOCCOCCCCCC(=O)Nc1cccc2c1C(=O)N(C1CCC(=O)NC1=O)C2=O. The molecule has 2 heterocycles. The summed E-state index contributed by atoms with van der Waals surface area (Å²) in [6, 6.07) is 3.54. The molecule has 13 heteroatoms. The molecule has 2 N–H and O–H groups in total. The summed E-state index contributed by atoms with van der Waals surface area (Å²) in [6.07, 6.45) is 22.4. The fraction of sp³-hybridized carbons (Fsp3) is 0.721. The zero-order chi connectivity index (χ0) is 40.2. The lowest BCUT2D eigenvalue weighted by molar-refractivity contribution is -0.145. The van der Waals surface area contributed by atoms with E-state index in [0.717, 1.165) is 30.6 Å². The third-order valence-electron chi connectivity index (χ3n) is 10.2. The first kappa shape index (κ1) is 46.7. The molecule has 1 aromatic carbocycles. The van der Waals surface area contributed by atoms with E-state index in [0.29, 0.717) is 52.5 Å². The summed E-state index contributed by atoms with van der Waals surface area (Å²) < 4.78 is 21.9. The number of ether oxygens (including phenoxy) is 4. The summed E-state index contributed by atoms with van der Waals surface area (Å²) in [6.45, 7) is 5.10. The third-order valence-corrected chi connectivity index (χ3v) is 10.2. The van der Waals surface area contributed by atoms with E-state index in [9.17, 15) is 28.8 Å². The van der Waals surface area contributed by atoms with Crippen LogP contribution in [0.15, 0.2) is 18.2 Å². The predicted molar refractivity (Wildman–Crippen MR) is 213 cm³/mol. The molecular weight excluding hydrogens is 718 g/mol. The van der Waals surface area contributed by atoms with Crippen molar-refractivity contribution in [1.29, 1.82) is 0 Å². The van der Waals surface area contributed by atoms with Crippen LogP contribution in [-0.2, 0) is 38.1 Å². The van der Waals surface area contributed by atoms with Gasteiger partial charge in [-0.25, -0.2) is 0 Å². The number of anilines is 1. The second-order valence-corrected chi connectivity index (χ2v) is 14.8. The van der Waals surface area contributed by atoms with Gasteiger partial charge < -0.3 is 24.3 Å². The Morgan fingerprint density at radius 2 is 1.20 bits per heavy atom. The lowest BCUT2D eigenvalue weighted by Gasteiger charge is -2.27. The summed E-state index contributed by atoms with van der Waals surface area (Å²) in [5.74, 6) is -2.86. The molecule has 1 atom stereocenters. The van der Waals surface area contributed by atoms with Gasteiger partial charge in [-0.3, -0.25) is 39.0 Å². The van der Waals surface area contributed by atoms with Gasteiger partial charge in [0.15, 0.2) is 0 Å². The number of rotatable bonds is 33. The molecule has 1 saturated heterocycles. The maximum atomic E-state index is 13.2. The van der Waals surface area contributed by atoms with Crippen molar-refractivity contribution in [3.05, 3.63) is 29.3 Å². The van der Waals surface area contributed by atoms with Crippen molar-refractivity contribution < 1.29 is 47.7 Å². The van der Waals surface area contributed by atoms with Crippen LogP contribution in [-0.4, -0.2) is 92.7 Å². The quantitative estimate of drug-likeness (QED) is 0.0415. The summed E-state index contributed by atoms with van der Waals surface area (Å²) in [5.41, 5.74) is 0.391. The lowest BCUT2D eigenvalue weighted by Crippen LogP contribution is -2.54. The van der Waals surface area contributed by atoms with Crippen LogP contribution in [0.5, 0.6) is 0 Å². The summed E-state index contributed by atoms with van der Waals surface area (Å²) in [4.78, 5) is 75.5. The highest BCUT2D eigenvalue weighted by Gasteiger charge is 2.45. The van der Waals surface area contributed by atoms with Crippen LogP contribution in [0.4, 0.5) is 5.69 Å². The molecule has 1 unspecified atom stereocenters. The molecule has 0 bridgehead atoms. The standard InChI is InChI=1S/C43H67N3O10/c1-2-3-4-5-6-7-8-9-10-11-12-13-14-15-18-24-39(49)56-33-32-55-31-30-54-29-28-53-27-19-16-17-23-37(47)44-35-22-20-21-34-40(35)43(52)46(42(34)51)36-25-26-38(48)45-41(36)50/h20-22,36H,2-19,23-33H2,1H3,(H,44,47)(H,45,48,50). The Bertz CT molecular complexity index is 1370. The Hall–Kier alpha value is -3.68. The van der Waals surface area contributed by atoms with Crippen LogP contribution in [0.25, 0.3) is 0 Å². The Labute approximate surface area is 333 Å². The van der Waals surface area contributed by atoms with Crippen LogP contribution in [0.2, 0.25) is 0 Å². The molecule has 1 fully saturated rings. The average molecular weight is 786 g/mol. The number of unbranched alkanes of at least 4 members (excludes halogenated alkanes) is 16. The van der Waals surface area contributed by atoms with E-state index < -0.39 is 29.7 Å². The third kappa shape index (κ3) is 18.1. The van der Waals surface area contributed by atoms with Crippen LogP contribution >= 0.6 is 0 Å². The van der Waals surface area contributed by atoms with Gasteiger partial charge in [-0.1, -0.05) is 109 Å². The highest BCUT2D eigenvalue weighted by Crippen LogP contribution is 2.32. The zero-order valence-corrected chi connectivity index (χ0v) is 33.8. The van der Waals surface area contributed by atoms with E-state index >= 15 is 0 Å². The number of carbonyl (C=O) groups is 6. The average Bonchev–Trinajstić information content (AvgIpc) is 3.43. The van der Waals surface area contributed by atoms with Gasteiger partial charge in [-0.15, -0.1) is 0 Å². The van der Waals surface area contributed by atoms with Gasteiger partial charge in [0.25, 0.3) is 11.8 Å². The fourth-order valence-corrected chi connectivity index (χ4v) is 6.97. The van der Waals surface area contributed by atoms with Gasteiger partial charge in [0.05, 0.1) is 49.8 Å². The minimum absolute atomic E-state index is 0.0311. The topological polar surface area (TPSA) is 167 Å². The largest absolute Gasteiger partial charge is 0.463 e. The summed E-state index contributed by atoms with van der Waals surface area (Å²) in [5, 5.41) is 4.91. The van der Waals surface area contributed by atoms with Crippen LogP contribution in [0.1, 0.15) is 169 Å². The van der Waals surface area contributed by atoms with E-state index in [1.54, 1.807) is 12.1 Å². The van der Waals surface area contributed by atoms with Crippen molar-refractivity contribution in [1.82, 2.24) is 10.2 Å². The lowest BCUT2D eigenvalue weighted by atomic mass is 10.0. The molecule has 1 aromatic rings. The van der Waals surface area contributed by atoms with Gasteiger partial charge in [0.1, 0.15) is 12.6 Å². The summed E-state index contributed by atoms with van der Waals surface area (Å²) >= 11 is 0. The first-order valence-electron chi connectivity index (χ1n) is 21.4. The van der Waals surface area contributed by atoms with E-state index in [2.05, 4.69) is 17.6 Å². The zero-order valence-electron chi connectivity index (χ0n) is 33.8. The Morgan fingerprint density at radius 3 is 1.80 bits per heavy atom. The monoisotopic (exact) mass is 785 g/mol. The smallest absolute Gasteiger partial charge is 0.305 e. The van der Waals surface area contributed by atoms with E-state index in [-0.39, 0.29) is 54.6 Å². The van der Waals surface area contributed by atoms with Crippen LogP contribution in [0, 0.1) is 0 Å². The number of carbonyl (C=O) groups excluding carboxylic acids is 6. The molecule has 0 aromatic heterocycles.